The predicted molar refractivity (Wildman–Crippen MR) is 61.5 cm³/mol. The lowest BCUT2D eigenvalue weighted by Gasteiger charge is -2.15. The molecule has 1 amide bonds. The number of rotatable bonds is 2. The van der Waals surface area contributed by atoms with Gasteiger partial charge in [-0.05, 0) is 11.8 Å². The number of aryl methyl sites for hydroxylation is 1. The van der Waals surface area contributed by atoms with Crippen molar-refractivity contribution in [3.8, 4) is 0 Å². The molecule has 0 radical (unpaired) electrons. The number of nitrogens with one attached hydrogen (secondary N) is 2. The summed E-state index contributed by atoms with van der Waals surface area (Å²) in [6.45, 7) is 5.73. The fraction of sp³-hybridized carbons (Fsp3) is 0.727. The Hall–Kier alpha value is -1.43. The third-order valence-electron chi connectivity index (χ3n) is 3.73. The van der Waals surface area contributed by atoms with Crippen LogP contribution in [0.1, 0.15) is 23.4 Å². The number of hydrogen-bond acceptors (Lipinski definition) is 4. The standard InChI is InChI=1S/C11H17N5O/c1-2-9-13-10(15-14-9)11(17)16-5-7-3-12-4-8(7)6-16/h7-8,12H,2-6H2,1H3,(H,13,14,15)/t7-,8+. The molecule has 1 aromatic rings. The predicted octanol–water partition coefficient (Wildman–Crippen LogP) is -0.341. The van der Waals surface area contributed by atoms with Crippen molar-refractivity contribution in [2.45, 2.75) is 13.3 Å². The maximum Gasteiger partial charge on any atom is 0.293 e. The Kier molecular flexibility index (Phi) is 2.58. The zero-order valence-corrected chi connectivity index (χ0v) is 9.94. The summed E-state index contributed by atoms with van der Waals surface area (Å²) in [5, 5.41) is 10.1. The van der Waals surface area contributed by atoms with Gasteiger partial charge in [0, 0.05) is 32.6 Å². The summed E-state index contributed by atoms with van der Waals surface area (Å²) in [4.78, 5) is 18.2. The average molecular weight is 235 g/mol. The summed E-state index contributed by atoms with van der Waals surface area (Å²) >= 11 is 0. The molecule has 6 nitrogen and oxygen atoms in total. The van der Waals surface area contributed by atoms with E-state index in [1.165, 1.54) is 0 Å². The Morgan fingerprint density at radius 2 is 2.12 bits per heavy atom. The molecular formula is C11H17N5O. The summed E-state index contributed by atoms with van der Waals surface area (Å²) < 4.78 is 0. The first-order valence-electron chi connectivity index (χ1n) is 6.19. The van der Waals surface area contributed by atoms with Gasteiger partial charge in [0.25, 0.3) is 5.91 Å². The first kappa shape index (κ1) is 10.7. The van der Waals surface area contributed by atoms with Crippen LogP contribution in [0.5, 0.6) is 0 Å². The van der Waals surface area contributed by atoms with Crippen molar-refractivity contribution in [1.29, 1.82) is 0 Å². The second-order valence-corrected chi connectivity index (χ2v) is 4.85. The molecule has 1 aromatic heterocycles. The molecule has 6 heteroatoms. The monoisotopic (exact) mass is 235 g/mol. The van der Waals surface area contributed by atoms with Gasteiger partial charge in [0.05, 0.1) is 0 Å². The molecule has 3 heterocycles. The van der Waals surface area contributed by atoms with Gasteiger partial charge in [-0.3, -0.25) is 9.89 Å². The minimum absolute atomic E-state index is 0.0321. The topological polar surface area (TPSA) is 73.9 Å². The van der Waals surface area contributed by atoms with Crippen LogP contribution in [0.4, 0.5) is 0 Å². The van der Waals surface area contributed by atoms with Crippen LogP contribution in [0.25, 0.3) is 0 Å². The van der Waals surface area contributed by atoms with Crippen LogP contribution in [0.15, 0.2) is 0 Å². The molecule has 17 heavy (non-hydrogen) atoms. The molecule has 2 aliphatic heterocycles. The third kappa shape index (κ3) is 1.82. The maximum atomic E-state index is 12.2. The second kappa shape index (κ2) is 4.10. The molecule has 0 aliphatic carbocycles. The minimum Gasteiger partial charge on any atom is -0.335 e. The molecule has 0 aromatic carbocycles. The van der Waals surface area contributed by atoms with Crippen molar-refractivity contribution in [3.63, 3.8) is 0 Å². The number of aromatic nitrogens is 3. The third-order valence-corrected chi connectivity index (χ3v) is 3.73. The van der Waals surface area contributed by atoms with E-state index in [2.05, 4.69) is 20.5 Å². The summed E-state index contributed by atoms with van der Waals surface area (Å²) in [5.41, 5.74) is 0. The number of nitrogens with zero attached hydrogens (tertiary/aromatic N) is 3. The highest BCUT2D eigenvalue weighted by Crippen LogP contribution is 2.26. The van der Waals surface area contributed by atoms with Crippen LogP contribution < -0.4 is 5.32 Å². The Bertz CT molecular complexity index is 417. The summed E-state index contributed by atoms with van der Waals surface area (Å²) in [6, 6.07) is 0. The van der Waals surface area contributed by atoms with E-state index >= 15 is 0 Å². The fourth-order valence-corrected chi connectivity index (χ4v) is 2.71. The largest absolute Gasteiger partial charge is 0.335 e. The number of carbonyl (C=O) groups excluding carboxylic acids is 1. The van der Waals surface area contributed by atoms with Crippen molar-refractivity contribution in [2.24, 2.45) is 11.8 Å². The maximum absolute atomic E-state index is 12.2. The highest BCUT2D eigenvalue weighted by atomic mass is 16.2. The van der Waals surface area contributed by atoms with E-state index in [9.17, 15) is 4.79 Å². The fourth-order valence-electron chi connectivity index (χ4n) is 2.71. The quantitative estimate of drug-likeness (QED) is 0.735. The van der Waals surface area contributed by atoms with Crippen LogP contribution in [0.2, 0.25) is 0 Å². The molecule has 3 rings (SSSR count). The van der Waals surface area contributed by atoms with Crippen LogP contribution in [-0.4, -0.2) is 52.2 Å². The SMILES string of the molecule is CCc1nc(C(=O)N2C[C@H]3CNC[C@H]3C2)n[nH]1. The van der Waals surface area contributed by atoms with Crippen LogP contribution in [0.3, 0.4) is 0 Å². The van der Waals surface area contributed by atoms with Crippen LogP contribution in [-0.2, 0) is 6.42 Å². The van der Waals surface area contributed by atoms with Gasteiger partial charge < -0.3 is 10.2 Å². The van der Waals surface area contributed by atoms with Crippen LogP contribution in [0, 0.1) is 11.8 Å². The van der Waals surface area contributed by atoms with E-state index in [4.69, 9.17) is 0 Å². The van der Waals surface area contributed by atoms with Gasteiger partial charge in [-0.25, -0.2) is 4.98 Å². The van der Waals surface area contributed by atoms with Crippen molar-refractivity contribution in [2.75, 3.05) is 26.2 Å². The minimum atomic E-state index is -0.0321. The van der Waals surface area contributed by atoms with Gasteiger partial charge >= 0.3 is 0 Å². The molecule has 2 saturated heterocycles. The first-order chi connectivity index (χ1) is 8.28. The molecule has 2 N–H and O–H groups in total. The molecular weight excluding hydrogens is 218 g/mol. The Balaban J connectivity index is 1.70. The number of hydrogen-bond donors (Lipinski definition) is 2. The van der Waals surface area contributed by atoms with Gasteiger partial charge in [-0.2, -0.15) is 0 Å². The molecule has 0 bridgehead atoms. The molecule has 2 aliphatic rings. The van der Waals surface area contributed by atoms with Crippen molar-refractivity contribution in [3.05, 3.63) is 11.6 Å². The lowest BCUT2D eigenvalue weighted by atomic mass is 10.0. The molecule has 92 valence electrons. The van der Waals surface area contributed by atoms with E-state index in [1.807, 2.05) is 11.8 Å². The van der Waals surface area contributed by atoms with Gasteiger partial charge in [-0.15, -0.1) is 5.10 Å². The Labute approximate surface area is 99.8 Å². The van der Waals surface area contributed by atoms with Crippen molar-refractivity contribution < 1.29 is 4.79 Å². The van der Waals surface area contributed by atoms with Gasteiger partial charge in [0.2, 0.25) is 5.82 Å². The molecule has 2 atom stereocenters. The van der Waals surface area contributed by atoms with E-state index in [1.54, 1.807) is 0 Å². The molecule has 2 fully saturated rings. The number of likely N-dealkylation sites (tertiary alicyclic amines) is 1. The lowest BCUT2D eigenvalue weighted by Crippen LogP contribution is -2.32. The van der Waals surface area contributed by atoms with Crippen molar-refractivity contribution in [1.82, 2.24) is 25.4 Å². The summed E-state index contributed by atoms with van der Waals surface area (Å²) in [6.07, 6.45) is 0.773. The van der Waals surface area contributed by atoms with Crippen molar-refractivity contribution >= 4 is 5.91 Å². The Morgan fingerprint density at radius 1 is 1.41 bits per heavy atom. The normalized spacial score (nSPS) is 27.5. The number of fused-ring (bicyclic) bond motifs is 1. The van der Waals surface area contributed by atoms with E-state index in [-0.39, 0.29) is 5.91 Å². The van der Waals surface area contributed by atoms with Gasteiger partial charge in [0.15, 0.2) is 0 Å². The highest BCUT2D eigenvalue weighted by Gasteiger charge is 2.39. The van der Waals surface area contributed by atoms with Gasteiger partial charge in [-0.1, -0.05) is 6.92 Å². The number of amides is 1. The molecule has 0 saturated carbocycles. The van der Waals surface area contributed by atoms with E-state index in [0.717, 1.165) is 38.4 Å². The number of aromatic amines is 1. The number of H-pyrrole nitrogens is 1. The smallest absolute Gasteiger partial charge is 0.293 e. The summed E-state index contributed by atoms with van der Waals surface area (Å²) in [5.74, 6) is 2.28. The molecule has 0 spiro atoms. The number of carbonyl (C=O) groups is 1. The van der Waals surface area contributed by atoms with Crippen LogP contribution >= 0.6 is 0 Å². The highest BCUT2D eigenvalue weighted by molar-refractivity contribution is 5.90. The Morgan fingerprint density at radius 3 is 2.71 bits per heavy atom. The zero-order chi connectivity index (χ0) is 11.8. The molecule has 0 unspecified atom stereocenters. The summed E-state index contributed by atoms with van der Waals surface area (Å²) in [7, 11) is 0. The van der Waals surface area contributed by atoms with E-state index in [0.29, 0.717) is 17.7 Å². The second-order valence-electron chi connectivity index (χ2n) is 4.85. The lowest BCUT2D eigenvalue weighted by molar-refractivity contribution is 0.0770. The first-order valence-corrected chi connectivity index (χ1v) is 6.19. The zero-order valence-electron chi connectivity index (χ0n) is 9.94. The van der Waals surface area contributed by atoms with E-state index < -0.39 is 0 Å². The van der Waals surface area contributed by atoms with Gasteiger partial charge in [0.1, 0.15) is 5.82 Å². The average Bonchev–Trinajstić information content (AvgIpc) is 3.02.